The first-order valence-corrected chi connectivity index (χ1v) is 16.4. The van der Waals surface area contributed by atoms with Gasteiger partial charge in [0.1, 0.15) is 0 Å². The average Bonchev–Trinajstić information content (AvgIpc) is 3.52. The lowest BCUT2D eigenvalue weighted by Crippen LogP contribution is -2.16. The minimum absolute atomic E-state index is 1.29. The van der Waals surface area contributed by atoms with Gasteiger partial charge in [-0.3, -0.25) is 0 Å². The van der Waals surface area contributed by atoms with Crippen molar-refractivity contribution in [1.29, 1.82) is 0 Å². The van der Waals surface area contributed by atoms with Gasteiger partial charge in [-0.05, 0) is 164 Å². The molecule has 0 N–H and O–H groups in total. The monoisotopic (exact) mass is 588 g/mol. The SMILES string of the molecule is Cc1cc(C)c(C2=c3cc4c(cc3-c3c2ccc2ccccc32)=C(c2c(C)cc(C)cc2C)c2ccc3ccccc3c2-4)c(C)c1. The first-order chi connectivity index (χ1) is 22.3. The summed E-state index contributed by atoms with van der Waals surface area (Å²) in [5, 5.41) is 7.91. The number of hydrogen-bond acceptors (Lipinski definition) is 0. The molecule has 0 atom stereocenters. The van der Waals surface area contributed by atoms with E-state index in [-0.39, 0.29) is 0 Å². The van der Waals surface area contributed by atoms with E-state index in [0.29, 0.717) is 0 Å². The summed E-state index contributed by atoms with van der Waals surface area (Å²) in [6.45, 7) is 13.6. The van der Waals surface area contributed by atoms with Crippen molar-refractivity contribution >= 4 is 32.7 Å². The normalized spacial score (nSPS) is 12.9. The van der Waals surface area contributed by atoms with E-state index in [2.05, 4.69) is 151 Å². The van der Waals surface area contributed by atoms with Gasteiger partial charge in [0.15, 0.2) is 0 Å². The largest absolute Gasteiger partial charge is 0.0616 e. The zero-order valence-electron chi connectivity index (χ0n) is 27.4. The zero-order valence-corrected chi connectivity index (χ0v) is 27.4. The molecule has 7 aromatic rings. The summed E-state index contributed by atoms with van der Waals surface area (Å²) in [5.74, 6) is 0. The molecule has 0 unspecified atom stereocenters. The van der Waals surface area contributed by atoms with Gasteiger partial charge in [-0.15, -0.1) is 0 Å². The summed E-state index contributed by atoms with van der Waals surface area (Å²) in [5.41, 5.74) is 21.5. The molecule has 0 aromatic heterocycles. The minimum atomic E-state index is 1.29. The maximum Gasteiger partial charge on any atom is -0.00199 e. The van der Waals surface area contributed by atoms with Crippen LogP contribution >= 0.6 is 0 Å². The van der Waals surface area contributed by atoms with Gasteiger partial charge in [-0.2, -0.15) is 0 Å². The van der Waals surface area contributed by atoms with E-state index in [9.17, 15) is 0 Å². The van der Waals surface area contributed by atoms with Gasteiger partial charge in [0.25, 0.3) is 0 Å². The molecule has 0 aliphatic heterocycles. The third-order valence-corrected chi connectivity index (χ3v) is 10.5. The van der Waals surface area contributed by atoms with Crippen LogP contribution in [-0.4, -0.2) is 0 Å². The first-order valence-electron chi connectivity index (χ1n) is 16.4. The van der Waals surface area contributed by atoms with Crippen LogP contribution in [0.25, 0.3) is 54.9 Å². The van der Waals surface area contributed by atoms with Gasteiger partial charge in [0.2, 0.25) is 0 Å². The molecule has 2 aliphatic carbocycles. The molecule has 9 rings (SSSR count). The molecule has 0 nitrogen and oxygen atoms in total. The molecule has 46 heavy (non-hydrogen) atoms. The quantitative estimate of drug-likeness (QED) is 0.188. The number of benzene rings is 7. The van der Waals surface area contributed by atoms with Crippen molar-refractivity contribution in [3.05, 3.63) is 175 Å². The second-order valence-electron chi connectivity index (χ2n) is 13.7. The Labute approximate surface area is 271 Å². The number of rotatable bonds is 2. The van der Waals surface area contributed by atoms with Crippen molar-refractivity contribution in [3.8, 4) is 22.3 Å². The molecule has 0 fully saturated rings. The lowest BCUT2D eigenvalue weighted by atomic mass is 9.88. The highest BCUT2D eigenvalue weighted by molar-refractivity contribution is 6.12. The van der Waals surface area contributed by atoms with Crippen LogP contribution in [0.3, 0.4) is 0 Å². The molecular formula is C46H36. The molecule has 7 aromatic carbocycles. The van der Waals surface area contributed by atoms with E-state index in [4.69, 9.17) is 0 Å². The summed E-state index contributed by atoms with van der Waals surface area (Å²) in [6, 6.07) is 41.7. The predicted octanol–water partition coefficient (Wildman–Crippen LogP) is 10.3. The molecule has 0 heterocycles. The van der Waals surface area contributed by atoms with Crippen molar-refractivity contribution < 1.29 is 0 Å². The van der Waals surface area contributed by atoms with Crippen molar-refractivity contribution in [2.75, 3.05) is 0 Å². The van der Waals surface area contributed by atoms with Crippen LogP contribution in [0.2, 0.25) is 0 Å². The van der Waals surface area contributed by atoms with Crippen molar-refractivity contribution in [3.63, 3.8) is 0 Å². The molecule has 0 heteroatoms. The topological polar surface area (TPSA) is 0 Å². The van der Waals surface area contributed by atoms with E-state index in [1.165, 1.54) is 121 Å². The molecule has 0 saturated heterocycles. The minimum Gasteiger partial charge on any atom is -0.0616 e. The fourth-order valence-corrected chi connectivity index (χ4v) is 8.94. The van der Waals surface area contributed by atoms with E-state index in [1.54, 1.807) is 0 Å². The lowest BCUT2D eigenvalue weighted by molar-refractivity contribution is 1.28. The van der Waals surface area contributed by atoms with Gasteiger partial charge in [-0.25, -0.2) is 0 Å². The second kappa shape index (κ2) is 9.65. The Bertz CT molecular complexity index is 2400. The van der Waals surface area contributed by atoms with Gasteiger partial charge in [0, 0.05) is 0 Å². The Kier molecular flexibility index (Phi) is 5.69. The third kappa shape index (κ3) is 3.68. The molecule has 0 spiro atoms. The van der Waals surface area contributed by atoms with Crippen molar-refractivity contribution in [2.45, 2.75) is 41.5 Å². The lowest BCUT2D eigenvalue weighted by Gasteiger charge is -2.16. The van der Waals surface area contributed by atoms with Crippen LogP contribution in [0, 0.1) is 41.5 Å². The summed E-state index contributed by atoms with van der Waals surface area (Å²) in [4.78, 5) is 0. The standard InChI is InChI=1S/C46H36/c1-25-19-27(3)41(28(4)20-25)45-35-17-15-31-11-7-9-13-33(31)43(35)37-24-40-38(23-39(37)45)44-34-14-10-8-12-32(34)16-18-36(44)46(40)42-29(5)21-26(2)22-30(42)6/h7-24H,1-6H3. The Balaban J connectivity index is 1.52. The molecule has 2 aliphatic rings. The molecular weight excluding hydrogens is 553 g/mol. The number of fused-ring (bicyclic) bond motifs is 10. The Morgan fingerprint density at radius 2 is 0.696 bits per heavy atom. The van der Waals surface area contributed by atoms with Gasteiger partial charge < -0.3 is 0 Å². The first kappa shape index (κ1) is 27.1. The van der Waals surface area contributed by atoms with Crippen LogP contribution in [-0.2, 0) is 0 Å². The Morgan fingerprint density at radius 3 is 1.09 bits per heavy atom. The number of hydrogen-bond donors (Lipinski definition) is 0. The van der Waals surface area contributed by atoms with E-state index in [1.807, 2.05) is 0 Å². The summed E-state index contributed by atoms with van der Waals surface area (Å²) in [7, 11) is 0. The van der Waals surface area contributed by atoms with Crippen LogP contribution in [0.4, 0.5) is 0 Å². The van der Waals surface area contributed by atoms with E-state index < -0.39 is 0 Å². The summed E-state index contributed by atoms with van der Waals surface area (Å²) >= 11 is 0. The Morgan fingerprint density at radius 1 is 0.326 bits per heavy atom. The van der Waals surface area contributed by atoms with Crippen molar-refractivity contribution in [1.82, 2.24) is 0 Å². The van der Waals surface area contributed by atoms with Crippen LogP contribution in [0.1, 0.15) is 55.6 Å². The smallest absolute Gasteiger partial charge is 0.00199 e. The number of aryl methyl sites for hydroxylation is 6. The van der Waals surface area contributed by atoms with Crippen molar-refractivity contribution in [2.24, 2.45) is 0 Å². The zero-order chi connectivity index (χ0) is 31.4. The van der Waals surface area contributed by atoms with E-state index >= 15 is 0 Å². The van der Waals surface area contributed by atoms with Crippen LogP contribution in [0.15, 0.2) is 109 Å². The maximum atomic E-state index is 2.55. The predicted molar refractivity (Wildman–Crippen MR) is 196 cm³/mol. The van der Waals surface area contributed by atoms with Gasteiger partial charge in [-0.1, -0.05) is 108 Å². The fraction of sp³-hybridized carbons (Fsp3) is 0.130. The molecule has 0 bridgehead atoms. The molecule has 0 radical (unpaired) electrons. The summed E-state index contributed by atoms with van der Waals surface area (Å²) in [6.07, 6.45) is 0. The maximum absolute atomic E-state index is 2.55. The highest BCUT2D eigenvalue weighted by Crippen LogP contribution is 2.46. The molecule has 0 saturated carbocycles. The highest BCUT2D eigenvalue weighted by atomic mass is 14.3. The van der Waals surface area contributed by atoms with Gasteiger partial charge in [0.05, 0.1) is 0 Å². The average molecular weight is 589 g/mol. The molecule has 0 amide bonds. The fourth-order valence-electron chi connectivity index (χ4n) is 8.94. The molecule has 220 valence electrons. The third-order valence-electron chi connectivity index (χ3n) is 10.5. The van der Waals surface area contributed by atoms with E-state index in [0.717, 1.165) is 0 Å². The van der Waals surface area contributed by atoms with Crippen LogP contribution < -0.4 is 10.4 Å². The highest BCUT2D eigenvalue weighted by Gasteiger charge is 2.30. The van der Waals surface area contributed by atoms with Crippen LogP contribution in [0.5, 0.6) is 0 Å². The second-order valence-corrected chi connectivity index (χ2v) is 13.7. The van der Waals surface area contributed by atoms with Gasteiger partial charge >= 0.3 is 0 Å². The Hall–Kier alpha value is -5.20. The summed E-state index contributed by atoms with van der Waals surface area (Å²) < 4.78 is 0.